The SMILES string of the molecule is C=C(O)/C=C\NC(C)[C@@H](C)C(C)C. The zero-order valence-corrected chi connectivity index (χ0v) is 9.04. The zero-order chi connectivity index (χ0) is 10.4. The van der Waals surface area contributed by atoms with Gasteiger partial charge >= 0.3 is 0 Å². The predicted octanol–water partition coefficient (Wildman–Crippen LogP) is 2.84. The third-order valence-corrected chi connectivity index (χ3v) is 2.48. The van der Waals surface area contributed by atoms with Crippen LogP contribution in [0.25, 0.3) is 0 Å². The van der Waals surface area contributed by atoms with E-state index in [0.717, 1.165) is 0 Å². The van der Waals surface area contributed by atoms with Gasteiger partial charge in [-0.05, 0) is 24.8 Å². The molecule has 0 aliphatic heterocycles. The van der Waals surface area contributed by atoms with E-state index < -0.39 is 0 Å². The maximum absolute atomic E-state index is 8.79. The molecule has 0 aliphatic rings. The minimum Gasteiger partial charge on any atom is -0.509 e. The number of aliphatic hydroxyl groups excluding tert-OH is 1. The lowest BCUT2D eigenvalue weighted by molar-refractivity contribution is 0.335. The molecule has 0 saturated carbocycles. The molecule has 2 atom stereocenters. The van der Waals surface area contributed by atoms with Crippen LogP contribution < -0.4 is 5.32 Å². The first kappa shape index (κ1) is 12.1. The van der Waals surface area contributed by atoms with Crippen molar-refractivity contribution in [1.82, 2.24) is 5.32 Å². The lowest BCUT2D eigenvalue weighted by Crippen LogP contribution is -2.30. The second-order valence-corrected chi connectivity index (χ2v) is 3.88. The summed E-state index contributed by atoms with van der Waals surface area (Å²) in [5.74, 6) is 1.35. The molecular formula is C11H21NO. The second kappa shape index (κ2) is 5.68. The summed E-state index contributed by atoms with van der Waals surface area (Å²) in [6.45, 7) is 12.1. The van der Waals surface area contributed by atoms with Crippen molar-refractivity contribution in [2.75, 3.05) is 0 Å². The van der Waals surface area contributed by atoms with E-state index in [1.807, 2.05) is 0 Å². The summed E-state index contributed by atoms with van der Waals surface area (Å²) in [6.07, 6.45) is 3.30. The van der Waals surface area contributed by atoms with Crippen LogP contribution in [0.1, 0.15) is 27.7 Å². The van der Waals surface area contributed by atoms with Gasteiger partial charge in [0, 0.05) is 12.2 Å². The fourth-order valence-corrected chi connectivity index (χ4v) is 1.03. The van der Waals surface area contributed by atoms with Gasteiger partial charge in [-0.15, -0.1) is 0 Å². The monoisotopic (exact) mass is 183 g/mol. The second-order valence-electron chi connectivity index (χ2n) is 3.88. The summed E-state index contributed by atoms with van der Waals surface area (Å²) in [4.78, 5) is 0. The van der Waals surface area contributed by atoms with Crippen LogP contribution in [0, 0.1) is 11.8 Å². The van der Waals surface area contributed by atoms with Gasteiger partial charge in [0.2, 0.25) is 0 Å². The van der Waals surface area contributed by atoms with Gasteiger partial charge < -0.3 is 10.4 Å². The number of allylic oxidation sites excluding steroid dienone is 1. The summed E-state index contributed by atoms with van der Waals surface area (Å²) >= 11 is 0. The van der Waals surface area contributed by atoms with Gasteiger partial charge in [0.25, 0.3) is 0 Å². The van der Waals surface area contributed by atoms with Gasteiger partial charge in [-0.1, -0.05) is 27.4 Å². The maximum atomic E-state index is 8.79. The smallest absolute Gasteiger partial charge is 0.109 e. The lowest BCUT2D eigenvalue weighted by atomic mass is 9.91. The van der Waals surface area contributed by atoms with E-state index in [4.69, 9.17) is 5.11 Å². The van der Waals surface area contributed by atoms with E-state index in [2.05, 4.69) is 39.6 Å². The minimum atomic E-state index is 0.0805. The first-order valence-corrected chi connectivity index (χ1v) is 4.75. The molecule has 0 amide bonds. The molecule has 0 aromatic heterocycles. The van der Waals surface area contributed by atoms with Crippen molar-refractivity contribution in [2.45, 2.75) is 33.7 Å². The Hall–Kier alpha value is -0.920. The molecule has 1 unspecified atom stereocenters. The Balaban J connectivity index is 3.86. The molecule has 0 aromatic rings. The van der Waals surface area contributed by atoms with Crippen molar-refractivity contribution in [3.8, 4) is 0 Å². The van der Waals surface area contributed by atoms with Crippen LogP contribution in [0.15, 0.2) is 24.6 Å². The number of aliphatic hydroxyl groups is 1. The summed E-state index contributed by atoms with van der Waals surface area (Å²) in [5.41, 5.74) is 0. The Bertz CT molecular complexity index is 185. The highest BCUT2D eigenvalue weighted by Crippen LogP contribution is 2.13. The van der Waals surface area contributed by atoms with Crippen LogP contribution in [-0.2, 0) is 0 Å². The largest absolute Gasteiger partial charge is 0.509 e. The van der Waals surface area contributed by atoms with E-state index in [9.17, 15) is 0 Å². The number of nitrogens with one attached hydrogen (secondary N) is 1. The van der Waals surface area contributed by atoms with E-state index >= 15 is 0 Å². The summed E-state index contributed by atoms with van der Waals surface area (Å²) < 4.78 is 0. The fraction of sp³-hybridized carbons (Fsp3) is 0.636. The molecule has 2 heteroatoms. The van der Waals surface area contributed by atoms with Gasteiger partial charge in [-0.25, -0.2) is 0 Å². The molecule has 0 aliphatic carbocycles. The normalized spacial score (nSPS) is 16.1. The molecule has 13 heavy (non-hydrogen) atoms. The van der Waals surface area contributed by atoms with E-state index in [-0.39, 0.29) is 5.76 Å². The molecule has 0 saturated heterocycles. The topological polar surface area (TPSA) is 32.3 Å². The first-order chi connectivity index (χ1) is 5.95. The number of hydrogen-bond donors (Lipinski definition) is 2. The van der Waals surface area contributed by atoms with Crippen LogP contribution >= 0.6 is 0 Å². The highest BCUT2D eigenvalue weighted by atomic mass is 16.3. The van der Waals surface area contributed by atoms with Crippen LogP contribution in [0.3, 0.4) is 0 Å². The summed E-state index contributed by atoms with van der Waals surface area (Å²) in [6, 6.07) is 0.413. The van der Waals surface area contributed by atoms with Crippen molar-refractivity contribution in [1.29, 1.82) is 0 Å². The van der Waals surface area contributed by atoms with Crippen LogP contribution in [0.2, 0.25) is 0 Å². The van der Waals surface area contributed by atoms with E-state index in [1.165, 1.54) is 0 Å². The van der Waals surface area contributed by atoms with Crippen LogP contribution in [0.5, 0.6) is 0 Å². The molecule has 0 spiro atoms. The Morgan fingerprint density at radius 3 is 2.23 bits per heavy atom. The third kappa shape index (κ3) is 5.34. The molecule has 0 bridgehead atoms. The van der Waals surface area contributed by atoms with Gasteiger partial charge in [0.15, 0.2) is 0 Å². The lowest BCUT2D eigenvalue weighted by Gasteiger charge is -2.23. The Labute approximate surface area is 81.4 Å². The van der Waals surface area contributed by atoms with Crippen molar-refractivity contribution in [3.05, 3.63) is 24.6 Å². The highest BCUT2D eigenvalue weighted by Gasteiger charge is 2.13. The summed E-state index contributed by atoms with van der Waals surface area (Å²) in [5, 5.41) is 12.0. The molecule has 0 radical (unpaired) electrons. The Kier molecular flexibility index (Phi) is 5.28. The molecule has 76 valence electrons. The average molecular weight is 183 g/mol. The van der Waals surface area contributed by atoms with Crippen LogP contribution in [-0.4, -0.2) is 11.1 Å². The molecule has 0 aromatic carbocycles. The van der Waals surface area contributed by atoms with Gasteiger partial charge in [-0.3, -0.25) is 0 Å². The highest BCUT2D eigenvalue weighted by molar-refractivity contribution is 5.04. The Morgan fingerprint density at radius 1 is 1.31 bits per heavy atom. The molecule has 0 rings (SSSR count). The maximum Gasteiger partial charge on any atom is 0.109 e. The first-order valence-electron chi connectivity index (χ1n) is 4.75. The minimum absolute atomic E-state index is 0.0805. The molecule has 0 heterocycles. The third-order valence-electron chi connectivity index (χ3n) is 2.48. The van der Waals surface area contributed by atoms with E-state index in [0.29, 0.717) is 17.9 Å². The van der Waals surface area contributed by atoms with Crippen molar-refractivity contribution in [3.63, 3.8) is 0 Å². The molecule has 0 fully saturated rings. The quantitative estimate of drug-likeness (QED) is 0.507. The molecule has 2 N–H and O–H groups in total. The molecular weight excluding hydrogens is 162 g/mol. The molecule has 2 nitrogen and oxygen atoms in total. The summed E-state index contributed by atoms with van der Waals surface area (Å²) in [7, 11) is 0. The number of rotatable bonds is 5. The van der Waals surface area contributed by atoms with Gasteiger partial charge in [0.05, 0.1) is 0 Å². The standard InChI is InChI=1S/C11H21NO/c1-8(2)10(4)11(5)12-7-6-9(3)13/h6-8,10-13H,3H2,1-2,4-5H3/b7-6-/t10-,11?/m0/s1. The van der Waals surface area contributed by atoms with Crippen molar-refractivity contribution in [2.24, 2.45) is 11.8 Å². The van der Waals surface area contributed by atoms with Crippen LogP contribution in [0.4, 0.5) is 0 Å². The van der Waals surface area contributed by atoms with Gasteiger partial charge in [-0.2, -0.15) is 0 Å². The number of hydrogen-bond acceptors (Lipinski definition) is 2. The van der Waals surface area contributed by atoms with Crippen molar-refractivity contribution >= 4 is 0 Å². The zero-order valence-electron chi connectivity index (χ0n) is 9.04. The predicted molar refractivity (Wildman–Crippen MR) is 57.5 cm³/mol. The fourth-order valence-electron chi connectivity index (χ4n) is 1.03. The Morgan fingerprint density at radius 2 is 1.85 bits per heavy atom. The van der Waals surface area contributed by atoms with Crippen molar-refractivity contribution < 1.29 is 5.11 Å². The van der Waals surface area contributed by atoms with E-state index in [1.54, 1.807) is 12.3 Å². The van der Waals surface area contributed by atoms with Gasteiger partial charge in [0.1, 0.15) is 5.76 Å². The average Bonchev–Trinajstić information content (AvgIpc) is 2.02.